The second-order valence-electron chi connectivity index (χ2n) is 10.5. The number of nitrogens with zero attached hydrogens (tertiary/aromatic N) is 2. The number of hydrogen-bond acceptors (Lipinski definition) is 8. The second-order valence-corrected chi connectivity index (χ2v) is 17.2. The fourth-order valence-electron chi connectivity index (χ4n) is 5.35. The predicted octanol–water partition coefficient (Wildman–Crippen LogP) is 4.43. The van der Waals surface area contributed by atoms with Crippen LogP contribution in [0.3, 0.4) is 0 Å². The molecule has 2 aliphatic heterocycles. The average molecular weight is 706 g/mol. The van der Waals surface area contributed by atoms with Crippen LogP contribution in [0.2, 0.25) is 9.36 Å². The molecule has 3 aromatic rings. The van der Waals surface area contributed by atoms with E-state index in [1.165, 1.54) is 33.6 Å². The highest BCUT2D eigenvalue weighted by atomic mass is 35.5. The maximum Gasteiger partial charge on any atom is 0.250 e. The predicted molar refractivity (Wildman–Crippen MR) is 172 cm³/mol. The van der Waals surface area contributed by atoms with Crippen LogP contribution < -0.4 is 9.44 Å². The zero-order valence-electron chi connectivity index (χ0n) is 23.1. The van der Waals surface area contributed by atoms with E-state index in [9.17, 15) is 26.4 Å². The number of nitrogens with one attached hydrogen (secondary N) is 2. The zero-order chi connectivity index (χ0) is 30.9. The van der Waals surface area contributed by atoms with Crippen LogP contribution in [0.5, 0.6) is 0 Å². The minimum absolute atomic E-state index is 0.0423. The quantitative estimate of drug-likeness (QED) is 0.321. The summed E-state index contributed by atoms with van der Waals surface area (Å²) in [5.74, 6) is -0.770. The number of piperidine rings is 1. The fourth-order valence-corrected chi connectivity index (χ4v) is 10.5. The summed E-state index contributed by atoms with van der Waals surface area (Å²) in [5, 5.41) is 2.31. The maximum atomic E-state index is 13.3. The monoisotopic (exact) mass is 704 g/mol. The molecule has 43 heavy (non-hydrogen) atoms. The van der Waals surface area contributed by atoms with Crippen LogP contribution >= 0.6 is 45.9 Å². The Labute approximate surface area is 268 Å². The van der Waals surface area contributed by atoms with E-state index in [1.807, 2.05) is 0 Å². The summed E-state index contributed by atoms with van der Waals surface area (Å²) in [6.45, 7) is 2.35. The van der Waals surface area contributed by atoms with Gasteiger partial charge in [-0.15, -0.1) is 22.7 Å². The first-order valence-electron chi connectivity index (χ1n) is 13.6. The minimum Gasteiger partial charge on any atom is -0.337 e. The van der Waals surface area contributed by atoms with Crippen LogP contribution in [0.25, 0.3) is 16.2 Å². The summed E-state index contributed by atoms with van der Waals surface area (Å²) in [4.78, 5) is 30.1. The Morgan fingerprint density at radius 3 is 2.58 bits per heavy atom. The van der Waals surface area contributed by atoms with E-state index in [0.29, 0.717) is 58.6 Å². The van der Waals surface area contributed by atoms with E-state index in [4.69, 9.17) is 23.2 Å². The van der Waals surface area contributed by atoms with Crippen molar-refractivity contribution in [2.24, 2.45) is 0 Å². The highest BCUT2D eigenvalue weighted by Gasteiger charge is 2.36. The van der Waals surface area contributed by atoms with Gasteiger partial charge in [-0.25, -0.2) is 21.6 Å². The molecule has 2 saturated heterocycles. The SMILES string of the molecule is Cc1c(S(=O)(=O)NC[C@H]2CCCN2C(=O)CN2CCC[C@H](NS(=O)(=O)/C=C/c3ccc(Cl)s3)C2=O)sc2ccc(Cl)cc12. The van der Waals surface area contributed by atoms with E-state index < -0.39 is 32.0 Å². The van der Waals surface area contributed by atoms with Gasteiger partial charge >= 0.3 is 0 Å². The molecule has 0 aliphatic carbocycles. The lowest BCUT2D eigenvalue weighted by Crippen LogP contribution is -2.55. The van der Waals surface area contributed by atoms with Crippen molar-refractivity contribution in [3.8, 4) is 0 Å². The van der Waals surface area contributed by atoms with E-state index in [2.05, 4.69) is 9.44 Å². The number of carbonyl (C=O) groups excluding carboxylic acids is 2. The molecular formula is C27H30Cl2N4O6S4. The van der Waals surface area contributed by atoms with Crippen molar-refractivity contribution in [1.29, 1.82) is 0 Å². The summed E-state index contributed by atoms with van der Waals surface area (Å²) in [5.41, 5.74) is 0.620. The third kappa shape index (κ3) is 7.61. The smallest absolute Gasteiger partial charge is 0.250 e. The molecule has 0 unspecified atom stereocenters. The van der Waals surface area contributed by atoms with Crippen molar-refractivity contribution in [2.45, 2.75) is 48.9 Å². The maximum absolute atomic E-state index is 13.3. The fraction of sp³-hybridized carbons (Fsp3) is 0.407. The molecule has 0 saturated carbocycles. The number of carbonyl (C=O) groups is 2. The van der Waals surface area contributed by atoms with Crippen molar-refractivity contribution in [2.75, 3.05) is 26.2 Å². The Kier molecular flexibility index (Phi) is 9.88. The van der Waals surface area contributed by atoms with Gasteiger partial charge in [-0.1, -0.05) is 23.2 Å². The molecular weight excluding hydrogens is 675 g/mol. The van der Waals surface area contributed by atoms with Crippen LogP contribution in [0.4, 0.5) is 0 Å². The Morgan fingerprint density at radius 2 is 1.84 bits per heavy atom. The molecule has 2 fully saturated rings. The summed E-state index contributed by atoms with van der Waals surface area (Å²) < 4.78 is 58.3. The number of halogens is 2. The highest BCUT2D eigenvalue weighted by molar-refractivity contribution is 7.92. The number of amides is 2. The van der Waals surface area contributed by atoms with Gasteiger partial charge in [-0.2, -0.15) is 4.72 Å². The number of rotatable bonds is 10. The van der Waals surface area contributed by atoms with Gasteiger partial charge in [0.15, 0.2) is 0 Å². The zero-order valence-corrected chi connectivity index (χ0v) is 27.9. The molecule has 0 radical (unpaired) electrons. The number of hydrogen-bond donors (Lipinski definition) is 2. The lowest BCUT2D eigenvalue weighted by atomic mass is 10.1. The van der Waals surface area contributed by atoms with Gasteiger partial charge < -0.3 is 9.80 Å². The number of fused-ring (bicyclic) bond motifs is 1. The molecule has 1 aromatic carbocycles. The molecule has 0 bridgehead atoms. The minimum atomic E-state index is -3.92. The molecule has 2 atom stereocenters. The summed E-state index contributed by atoms with van der Waals surface area (Å²) in [7, 11) is -7.76. The van der Waals surface area contributed by atoms with Crippen LogP contribution in [0.1, 0.15) is 36.1 Å². The van der Waals surface area contributed by atoms with Crippen molar-refractivity contribution in [3.05, 3.63) is 55.5 Å². The summed E-state index contributed by atoms with van der Waals surface area (Å²) in [6, 6.07) is 7.26. The molecule has 10 nitrogen and oxygen atoms in total. The van der Waals surface area contributed by atoms with E-state index in [1.54, 1.807) is 42.2 Å². The Bertz CT molecular complexity index is 1790. The lowest BCUT2D eigenvalue weighted by molar-refractivity contribution is -0.143. The van der Waals surface area contributed by atoms with Gasteiger partial charge in [0.25, 0.3) is 0 Å². The number of benzene rings is 1. The van der Waals surface area contributed by atoms with Gasteiger partial charge in [0, 0.05) is 45.7 Å². The molecule has 232 valence electrons. The van der Waals surface area contributed by atoms with Crippen LogP contribution in [0, 0.1) is 6.92 Å². The number of likely N-dealkylation sites (tertiary alicyclic amines) is 2. The Morgan fingerprint density at radius 1 is 1.07 bits per heavy atom. The first-order valence-corrected chi connectivity index (χ1v) is 19.0. The molecule has 2 aliphatic rings. The number of aryl methyl sites for hydroxylation is 1. The molecule has 2 aromatic heterocycles. The third-order valence-corrected chi connectivity index (χ3v) is 13.3. The van der Waals surface area contributed by atoms with Crippen LogP contribution in [-0.4, -0.2) is 76.7 Å². The van der Waals surface area contributed by atoms with Gasteiger partial charge in [0.2, 0.25) is 31.9 Å². The van der Waals surface area contributed by atoms with Crippen molar-refractivity contribution in [1.82, 2.24) is 19.2 Å². The van der Waals surface area contributed by atoms with Crippen LogP contribution in [-0.2, 0) is 29.6 Å². The lowest BCUT2D eigenvalue weighted by Gasteiger charge is -2.34. The average Bonchev–Trinajstić information content (AvgIpc) is 3.68. The Balaban J connectivity index is 1.19. The van der Waals surface area contributed by atoms with E-state index >= 15 is 0 Å². The largest absolute Gasteiger partial charge is 0.337 e. The Hall–Kier alpha value is -2.04. The topological polar surface area (TPSA) is 133 Å². The molecule has 2 N–H and O–H groups in total. The standard InChI is InChI=1S/C27H30Cl2N4O6S4/c1-17-21-14-18(28)6-8-23(21)41-27(17)43(38,39)30-15-19-4-2-12-33(19)25(34)16-32-11-3-5-22(26(32)35)31-42(36,37)13-10-20-7-9-24(29)40-20/h6-10,13-14,19,22,30-31H,2-5,11-12,15-16H2,1H3/b13-10+/t19-,22+/m1/s1. The second kappa shape index (κ2) is 13.1. The number of sulfonamides is 2. The highest BCUT2D eigenvalue weighted by Crippen LogP contribution is 2.35. The van der Waals surface area contributed by atoms with Crippen molar-refractivity contribution in [3.63, 3.8) is 0 Å². The van der Waals surface area contributed by atoms with Gasteiger partial charge in [0.05, 0.1) is 10.9 Å². The normalized spacial score (nSPS) is 20.1. The molecule has 2 amide bonds. The van der Waals surface area contributed by atoms with Gasteiger partial charge in [0.1, 0.15) is 10.3 Å². The molecule has 4 heterocycles. The van der Waals surface area contributed by atoms with Crippen molar-refractivity contribution < 1.29 is 26.4 Å². The summed E-state index contributed by atoms with van der Waals surface area (Å²) in [6.07, 6.45) is 3.58. The summed E-state index contributed by atoms with van der Waals surface area (Å²) >= 11 is 14.4. The third-order valence-electron chi connectivity index (χ3n) is 7.47. The van der Waals surface area contributed by atoms with Gasteiger partial charge in [-0.05, 0) is 80.0 Å². The molecule has 16 heteroatoms. The van der Waals surface area contributed by atoms with E-state index in [-0.39, 0.29) is 29.2 Å². The first-order chi connectivity index (χ1) is 20.3. The van der Waals surface area contributed by atoms with Crippen LogP contribution in [0.15, 0.2) is 39.9 Å². The van der Waals surface area contributed by atoms with Crippen molar-refractivity contribution >= 4 is 93.9 Å². The van der Waals surface area contributed by atoms with E-state index in [0.717, 1.165) is 15.5 Å². The molecule has 0 spiro atoms. The first kappa shape index (κ1) is 32.4. The van der Waals surface area contributed by atoms with Gasteiger partial charge in [-0.3, -0.25) is 9.59 Å². The number of thiophene rings is 2. The molecule has 5 rings (SSSR count).